The molecule has 6 saturated carbocycles. The number of hydrogen-bond acceptors (Lipinski definition) is 0. The molecule has 6 aliphatic carbocycles. The van der Waals surface area contributed by atoms with Crippen molar-refractivity contribution in [3.05, 3.63) is 11.1 Å². The van der Waals surface area contributed by atoms with E-state index in [0.29, 0.717) is 0 Å². The van der Waals surface area contributed by atoms with Gasteiger partial charge in [0.05, 0.1) is 0 Å². The summed E-state index contributed by atoms with van der Waals surface area (Å²) in [4.78, 5) is 0. The molecule has 0 N–H and O–H groups in total. The molecule has 0 heterocycles. The van der Waals surface area contributed by atoms with Crippen LogP contribution in [-0.2, 0) is 0 Å². The van der Waals surface area contributed by atoms with Crippen molar-refractivity contribution in [1.29, 1.82) is 0 Å². The van der Waals surface area contributed by atoms with Crippen LogP contribution in [0.4, 0.5) is 0 Å². The zero-order valence-electron chi connectivity index (χ0n) is 28.4. The quantitative estimate of drug-likeness (QED) is 0.282. The number of unbranched alkanes of at least 4 members (excludes halogenated alkanes) is 1. The van der Waals surface area contributed by atoms with Crippen molar-refractivity contribution in [2.45, 2.75) is 169 Å². The molecule has 0 amide bonds. The summed E-state index contributed by atoms with van der Waals surface area (Å²) >= 11 is 0. The van der Waals surface area contributed by atoms with Crippen LogP contribution in [0.15, 0.2) is 11.1 Å². The van der Waals surface area contributed by atoms with Gasteiger partial charge in [-0.3, -0.25) is 0 Å². The second kappa shape index (κ2) is 13.8. The van der Waals surface area contributed by atoms with E-state index < -0.39 is 0 Å². The second-order valence-electron chi connectivity index (χ2n) is 17.5. The van der Waals surface area contributed by atoms with Crippen LogP contribution in [-0.4, -0.2) is 0 Å². The minimum absolute atomic E-state index is 0.863. The van der Waals surface area contributed by atoms with Gasteiger partial charge in [0.25, 0.3) is 0 Å². The minimum Gasteiger partial charge on any atom is -0.0772 e. The Morgan fingerprint density at radius 2 is 1.34 bits per heavy atom. The first kappa shape index (κ1) is 30.8. The van der Waals surface area contributed by atoms with E-state index in [0.717, 1.165) is 76.9 Å². The van der Waals surface area contributed by atoms with E-state index in [4.69, 9.17) is 0 Å². The van der Waals surface area contributed by atoms with Gasteiger partial charge in [-0.05, 0) is 149 Å². The van der Waals surface area contributed by atoms with Crippen molar-refractivity contribution in [2.75, 3.05) is 0 Å². The van der Waals surface area contributed by atoms with E-state index >= 15 is 0 Å². The smallest absolute Gasteiger partial charge is 0.0289 e. The lowest BCUT2D eigenvalue weighted by Gasteiger charge is -2.53. The zero-order valence-corrected chi connectivity index (χ0v) is 28.4. The van der Waals surface area contributed by atoms with Crippen molar-refractivity contribution in [1.82, 2.24) is 0 Å². The molecule has 0 aromatic carbocycles. The first-order valence-electron chi connectivity index (χ1n) is 19.6. The lowest BCUT2D eigenvalue weighted by atomic mass is 9.52. The molecule has 0 spiro atoms. The Kier molecular flexibility index (Phi) is 10.4. The molecule has 6 aliphatic rings. The summed E-state index contributed by atoms with van der Waals surface area (Å²) in [6, 6.07) is 0. The second-order valence-corrected chi connectivity index (χ2v) is 17.5. The highest BCUT2D eigenvalue weighted by Crippen LogP contribution is 2.64. The predicted octanol–water partition coefficient (Wildman–Crippen LogP) is 12.7. The fraction of sp³-hybridized carbons (Fsp3) is 0.951. The summed E-state index contributed by atoms with van der Waals surface area (Å²) < 4.78 is 0. The van der Waals surface area contributed by atoms with Crippen LogP contribution in [0.1, 0.15) is 169 Å². The molecule has 0 nitrogen and oxygen atoms in total. The monoisotopic (exact) mass is 563 g/mol. The largest absolute Gasteiger partial charge is 0.0772 e. The SMILES string of the molecule is CCCCC(C1CCCC1)C1C(C)CCCC(C2CC3CCC4CCCC5CCC2C3C45)CCC(=C(C)C)CC1C. The Hall–Kier alpha value is -0.260. The standard InChI is InChI=1S/C41H70/c1-6-7-18-36(30-13-8-9-14-30)39-28(4)12-10-15-31(19-21-34(27(2)3)25-29(39)5)38-26-35-22-20-32-16-11-17-33-23-24-37(38)41(35)40(32)33/h28-33,35-41H,6-26H2,1-5H3. The van der Waals surface area contributed by atoms with Gasteiger partial charge in [-0.2, -0.15) is 0 Å². The van der Waals surface area contributed by atoms with E-state index in [1.807, 2.05) is 5.57 Å². The number of rotatable bonds is 6. The van der Waals surface area contributed by atoms with E-state index in [9.17, 15) is 0 Å². The van der Waals surface area contributed by atoms with E-state index in [1.165, 1.54) is 77.0 Å². The lowest BCUT2D eigenvalue weighted by Crippen LogP contribution is -2.45. The third-order valence-electron chi connectivity index (χ3n) is 15.3. The topological polar surface area (TPSA) is 0 Å². The maximum absolute atomic E-state index is 2.72. The van der Waals surface area contributed by atoms with Crippen LogP contribution in [0.25, 0.3) is 0 Å². The Morgan fingerprint density at radius 3 is 2.07 bits per heavy atom. The molecule has 6 rings (SSSR count). The molecule has 6 fully saturated rings. The molecule has 234 valence electrons. The van der Waals surface area contributed by atoms with Crippen LogP contribution in [0.3, 0.4) is 0 Å². The molecular weight excluding hydrogens is 492 g/mol. The summed E-state index contributed by atoms with van der Waals surface area (Å²) in [6.45, 7) is 12.8. The fourth-order valence-electron chi connectivity index (χ4n) is 13.6. The summed E-state index contributed by atoms with van der Waals surface area (Å²) in [5.41, 5.74) is 3.56. The number of hydrogen-bond donors (Lipinski definition) is 0. The molecule has 0 aromatic heterocycles. The van der Waals surface area contributed by atoms with Crippen LogP contribution < -0.4 is 0 Å². The predicted molar refractivity (Wildman–Crippen MR) is 178 cm³/mol. The molecule has 0 radical (unpaired) electrons. The van der Waals surface area contributed by atoms with Gasteiger partial charge in [0, 0.05) is 0 Å². The molecule has 0 aromatic rings. The van der Waals surface area contributed by atoms with Gasteiger partial charge in [-0.15, -0.1) is 0 Å². The molecule has 0 heteroatoms. The average molecular weight is 563 g/mol. The summed E-state index contributed by atoms with van der Waals surface area (Å²) in [6.07, 6.45) is 32.2. The van der Waals surface area contributed by atoms with Crippen LogP contribution in [0.5, 0.6) is 0 Å². The maximum atomic E-state index is 2.72. The summed E-state index contributed by atoms with van der Waals surface area (Å²) in [7, 11) is 0. The van der Waals surface area contributed by atoms with Crippen molar-refractivity contribution >= 4 is 0 Å². The first-order chi connectivity index (χ1) is 20.0. The Bertz CT molecular complexity index is 849. The van der Waals surface area contributed by atoms with Crippen molar-refractivity contribution in [3.8, 4) is 0 Å². The van der Waals surface area contributed by atoms with Crippen molar-refractivity contribution < 1.29 is 0 Å². The third-order valence-corrected chi connectivity index (χ3v) is 15.3. The van der Waals surface area contributed by atoms with Crippen LogP contribution in [0, 0.1) is 76.9 Å². The third kappa shape index (κ3) is 6.44. The fourth-order valence-corrected chi connectivity index (χ4v) is 13.6. The zero-order chi connectivity index (χ0) is 28.5. The van der Waals surface area contributed by atoms with Gasteiger partial charge < -0.3 is 0 Å². The Morgan fingerprint density at radius 1 is 0.659 bits per heavy atom. The minimum atomic E-state index is 0.863. The maximum Gasteiger partial charge on any atom is -0.0289 e. The first-order valence-corrected chi connectivity index (χ1v) is 19.6. The highest BCUT2D eigenvalue weighted by molar-refractivity contribution is 5.12. The normalized spacial score (nSPS) is 44.7. The lowest BCUT2D eigenvalue weighted by molar-refractivity contribution is -0.0375. The van der Waals surface area contributed by atoms with E-state index in [1.54, 1.807) is 63.4 Å². The van der Waals surface area contributed by atoms with Gasteiger partial charge in [0.1, 0.15) is 0 Å². The van der Waals surface area contributed by atoms with Crippen LogP contribution in [0.2, 0.25) is 0 Å². The van der Waals surface area contributed by atoms with Gasteiger partial charge in [0.15, 0.2) is 0 Å². The van der Waals surface area contributed by atoms with Crippen molar-refractivity contribution in [2.24, 2.45) is 76.9 Å². The molecule has 12 unspecified atom stereocenters. The van der Waals surface area contributed by atoms with Gasteiger partial charge >= 0.3 is 0 Å². The Balaban J connectivity index is 1.21. The highest BCUT2D eigenvalue weighted by atomic mass is 14.6. The molecule has 0 saturated heterocycles. The molecule has 41 heavy (non-hydrogen) atoms. The van der Waals surface area contributed by atoms with Gasteiger partial charge in [0.2, 0.25) is 0 Å². The molecular formula is C41H70. The van der Waals surface area contributed by atoms with Crippen LogP contribution >= 0.6 is 0 Å². The molecule has 12 atom stereocenters. The molecule has 0 bridgehead atoms. The van der Waals surface area contributed by atoms with Gasteiger partial charge in [-0.25, -0.2) is 0 Å². The summed E-state index contributed by atoms with van der Waals surface area (Å²) in [5, 5.41) is 0. The average Bonchev–Trinajstić information content (AvgIpc) is 3.63. The Labute approximate surface area is 257 Å². The number of allylic oxidation sites excluding steroid dienone is 2. The molecule has 0 aliphatic heterocycles. The van der Waals surface area contributed by atoms with E-state index in [-0.39, 0.29) is 0 Å². The summed E-state index contributed by atoms with van der Waals surface area (Å²) in [5.74, 6) is 13.6. The van der Waals surface area contributed by atoms with E-state index in [2.05, 4.69) is 34.6 Å². The van der Waals surface area contributed by atoms with Crippen molar-refractivity contribution in [3.63, 3.8) is 0 Å². The highest BCUT2D eigenvalue weighted by Gasteiger charge is 2.56. The van der Waals surface area contributed by atoms with Gasteiger partial charge in [-0.1, -0.05) is 109 Å².